The SMILES string of the molecule is O=C(c1cc(-c2ccc(Cl)cc2)nc2ccccc12)N1CC[C@]2(O)CCCC[C@H]2C1. The zero-order valence-corrected chi connectivity index (χ0v) is 17.6. The number of aromatic nitrogens is 1. The Labute approximate surface area is 181 Å². The van der Waals surface area contributed by atoms with E-state index in [9.17, 15) is 9.90 Å². The molecule has 1 saturated heterocycles. The van der Waals surface area contributed by atoms with Gasteiger partial charge in [0.25, 0.3) is 5.91 Å². The van der Waals surface area contributed by atoms with Crippen molar-refractivity contribution < 1.29 is 9.90 Å². The van der Waals surface area contributed by atoms with Gasteiger partial charge in [-0.05, 0) is 43.5 Å². The highest BCUT2D eigenvalue weighted by molar-refractivity contribution is 6.30. The molecule has 1 saturated carbocycles. The summed E-state index contributed by atoms with van der Waals surface area (Å²) >= 11 is 6.04. The van der Waals surface area contributed by atoms with E-state index >= 15 is 0 Å². The number of carbonyl (C=O) groups is 1. The topological polar surface area (TPSA) is 53.4 Å². The zero-order chi connectivity index (χ0) is 20.7. The summed E-state index contributed by atoms with van der Waals surface area (Å²) < 4.78 is 0. The molecule has 1 aliphatic carbocycles. The van der Waals surface area contributed by atoms with Gasteiger partial charge in [0, 0.05) is 35.0 Å². The van der Waals surface area contributed by atoms with Gasteiger partial charge in [0.05, 0.1) is 22.4 Å². The Morgan fingerprint density at radius 3 is 2.73 bits per heavy atom. The van der Waals surface area contributed by atoms with E-state index in [-0.39, 0.29) is 11.8 Å². The van der Waals surface area contributed by atoms with Crippen LogP contribution in [0.3, 0.4) is 0 Å². The summed E-state index contributed by atoms with van der Waals surface area (Å²) in [5.74, 6) is 0.198. The molecule has 0 radical (unpaired) electrons. The molecule has 1 N–H and O–H groups in total. The van der Waals surface area contributed by atoms with Crippen LogP contribution < -0.4 is 0 Å². The summed E-state index contributed by atoms with van der Waals surface area (Å²) in [6.07, 6.45) is 4.73. The Bertz CT molecular complexity index is 1100. The minimum absolute atomic E-state index is 0.0245. The number of aliphatic hydroxyl groups is 1. The van der Waals surface area contributed by atoms with E-state index in [0.717, 1.165) is 47.8 Å². The van der Waals surface area contributed by atoms with Crippen molar-refractivity contribution in [1.82, 2.24) is 9.88 Å². The van der Waals surface area contributed by atoms with Gasteiger partial charge >= 0.3 is 0 Å². The van der Waals surface area contributed by atoms with Gasteiger partial charge in [-0.3, -0.25) is 4.79 Å². The molecule has 5 rings (SSSR count). The van der Waals surface area contributed by atoms with E-state index < -0.39 is 5.60 Å². The van der Waals surface area contributed by atoms with Gasteiger partial charge in [-0.15, -0.1) is 0 Å². The van der Waals surface area contributed by atoms with E-state index in [2.05, 4.69) is 0 Å². The molecule has 2 aromatic carbocycles. The molecule has 2 aliphatic rings. The fourth-order valence-electron chi connectivity index (χ4n) is 5.05. The second-order valence-corrected chi connectivity index (χ2v) is 9.06. The maximum absolute atomic E-state index is 13.6. The number of hydrogen-bond donors (Lipinski definition) is 1. The van der Waals surface area contributed by atoms with Gasteiger partial charge in [-0.25, -0.2) is 4.98 Å². The molecule has 2 atom stereocenters. The standard InChI is InChI=1S/C25H25ClN2O2/c26-19-10-8-17(9-11-19)23-15-21(20-6-1-2-7-22(20)27-23)24(29)28-14-13-25(30)12-4-3-5-18(25)16-28/h1-2,6-11,15,18,30H,3-5,12-14,16H2/t18-,25+/m0/s1. The third kappa shape index (κ3) is 3.48. The molecule has 30 heavy (non-hydrogen) atoms. The molecule has 4 nitrogen and oxygen atoms in total. The first-order valence-corrected chi connectivity index (χ1v) is 11.1. The summed E-state index contributed by atoms with van der Waals surface area (Å²) in [6.45, 7) is 1.22. The van der Waals surface area contributed by atoms with Crippen molar-refractivity contribution in [1.29, 1.82) is 0 Å². The maximum Gasteiger partial charge on any atom is 0.254 e. The smallest absolute Gasteiger partial charge is 0.254 e. The van der Waals surface area contributed by atoms with Crippen molar-refractivity contribution in [3.05, 3.63) is 65.2 Å². The van der Waals surface area contributed by atoms with Crippen molar-refractivity contribution in [3.63, 3.8) is 0 Å². The molecule has 0 spiro atoms. The largest absolute Gasteiger partial charge is 0.389 e. The summed E-state index contributed by atoms with van der Waals surface area (Å²) in [4.78, 5) is 20.3. The lowest BCUT2D eigenvalue weighted by Gasteiger charge is -2.47. The molecular formula is C25H25ClN2O2. The van der Waals surface area contributed by atoms with Gasteiger partial charge < -0.3 is 10.0 Å². The highest BCUT2D eigenvalue weighted by atomic mass is 35.5. The van der Waals surface area contributed by atoms with Crippen molar-refractivity contribution in [2.45, 2.75) is 37.7 Å². The predicted molar refractivity (Wildman–Crippen MR) is 120 cm³/mol. The van der Waals surface area contributed by atoms with Crippen LogP contribution in [-0.2, 0) is 0 Å². The van der Waals surface area contributed by atoms with Gasteiger partial charge in [0.2, 0.25) is 0 Å². The highest BCUT2D eigenvalue weighted by Gasteiger charge is 2.44. The first-order chi connectivity index (χ1) is 14.5. The zero-order valence-electron chi connectivity index (χ0n) is 16.9. The van der Waals surface area contributed by atoms with E-state index in [1.165, 1.54) is 0 Å². The van der Waals surface area contributed by atoms with Crippen LogP contribution in [0.4, 0.5) is 0 Å². The number of para-hydroxylation sites is 1. The lowest BCUT2D eigenvalue weighted by molar-refractivity contribution is -0.0885. The average molecular weight is 421 g/mol. The maximum atomic E-state index is 13.6. The molecule has 2 heterocycles. The molecular weight excluding hydrogens is 396 g/mol. The van der Waals surface area contributed by atoms with Gasteiger partial charge in [0.1, 0.15) is 0 Å². The quantitative estimate of drug-likeness (QED) is 0.610. The number of nitrogens with zero attached hydrogens (tertiary/aromatic N) is 2. The van der Waals surface area contributed by atoms with E-state index in [1.807, 2.05) is 59.5 Å². The summed E-state index contributed by atoms with van der Waals surface area (Å²) in [6, 6.07) is 17.2. The van der Waals surface area contributed by atoms with Crippen molar-refractivity contribution in [2.24, 2.45) is 5.92 Å². The third-order valence-corrected chi connectivity index (χ3v) is 7.05. The Kier molecular flexibility index (Phi) is 5.00. The first-order valence-electron chi connectivity index (χ1n) is 10.7. The molecule has 0 bridgehead atoms. The number of amides is 1. The van der Waals surface area contributed by atoms with Gasteiger partial charge in [-0.2, -0.15) is 0 Å². The average Bonchev–Trinajstić information content (AvgIpc) is 2.77. The van der Waals surface area contributed by atoms with Crippen LogP contribution in [0.2, 0.25) is 5.02 Å². The number of carbonyl (C=O) groups excluding carboxylic acids is 1. The van der Waals surface area contributed by atoms with Crippen LogP contribution in [0.1, 0.15) is 42.5 Å². The Hall–Kier alpha value is -2.43. The molecule has 154 valence electrons. The van der Waals surface area contributed by atoms with Crippen LogP contribution in [-0.4, -0.2) is 39.6 Å². The lowest BCUT2D eigenvalue weighted by Crippen LogP contribution is -2.54. The molecule has 1 amide bonds. The van der Waals surface area contributed by atoms with Crippen molar-refractivity contribution in [3.8, 4) is 11.3 Å². The Morgan fingerprint density at radius 2 is 1.90 bits per heavy atom. The lowest BCUT2D eigenvalue weighted by atomic mass is 9.71. The molecule has 1 aromatic heterocycles. The first kappa shape index (κ1) is 19.5. The molecule has 1 aliphatic heterocycles. The van der Waals surface area contributed by atoms with Gasteiger partial charge in [-0.1, -0.05) is 54.8 Å². The second-order valence-electron chi connectivity index (χ2n) is 8.63. The number of benzene rings is 2. The highest BCUT2D eigenvalue weighted by Crippen LogP contribution is 2.40. The number of rotatable bonds is 2. The fraction of sp³-hybridized carbons (Fsp3) is 0.360. The summed E-state index contributed by atoms with van der Waals surface area (Å²) in [5, 5.41) is 12.5. The number of hydrogen-bond acceptors (Lipinski definition) is 3. The predicted octanol–water partition coefficient (Wildman–Crippen LogP) is 5.32. The van der Waals surface area contributed by atoms with E-state index in [4.69, 9.17) is 16.6 Å². The number of likely N-dealkylation sites (tertiary alicyclic amines) is 1. The van der Waals surface area contributed by atoms with Crippen LogP contribution in [0, 0.1) is 5.92 Å². The van der Waals surface area contributed by atoms with Crippen LogP contribution in [0.5, 0.6) is 0 Å². The van der Waals surface area contributed by atoms with Crippen molar-refractivity contribution in [2.75, 3.05) is 13.1 Å². The fourth-order valence-corrected chi connectivity index (χ4v) is 5.17. The monoisotopic (exact) mass is 420 g/mol. The molecule has 3 aromatic rings. The van der Waals surface area contributed by atoms with Crippen LogP contribution in [0.25, 0.3) is 22.2 Å². The minimum atomic E-state index is -0.593. The summed E-state index contributed by atoms with van der Waals surface area (Å²) in [5.41, 5.74) is 2.58. The molecule has 2 fully saturated rings. The Balaban J connectivity index is 1.53. The number of halogens is 1. The van der Waals surface area contributed by atoms with E-state index in [1.54, 1.807) is 0 Å². The Morgan fingerprint density at radius 1 is 1.10 bits per heavy atom. The van der Waals surface area contributed by atoms with Crippen LogP contribution in [0.15, 0.2) is 54.6 Å². The number of pyridine rings is 1. The summed E-state index contributed by atoms with van der Waals surface area (Å²) in [7, 11) is 0. The van der Waals surface area contributed by atoms with Gasteiger partial charge in [0.15, 0.2) is 0 Å². The molecule has 0 unspecified atom stereocenters. The second kappa shape index (κ2) is 7.68. The number of piperidine rings is 1. The molecule has 5 heteroatoms. The van der Waals surface area contributed by atoms with Crippen LogP contribution >= 0.6 is 11.6 Å². The normalized spacial score (nSPS) is 23.9. The van der Waals surface area contributed by atoms with Crippen molar-refractivity contribution >= 4 is 28.4 Å². The third-order valence-electron chi connectivity index (χ3n) is 6.80. The van der Waals surface area contributed by atoms with E-state index in [0.29, 0.717) is 30.1 Å². The minimum Gasteiger partial charge on any atom is -0.389 e. The number of fused-ring (bicyclic) bond motifs is 2.